The molecule has 1 aromatic carbocycles. The second-order valence-electron chi connectivity index (χ2n) is 6.80. The number of phenols is 1. The van der Waals surface area contributed by atoms with E-state index in [0.717, 1.165) is 5.56 Å². The number of aromatic hydroxyl groups is 1. The zero-order chi connectivity index (χ0) is 15.7. The Morgan fingerprint density at radius 3 is 2.15 bits per heavy atom. The fourth-order valence-corrected chi connectivity index (χ4v) is 2.02. The van der Waals surface area contributed by atoms with Gasteiger partial charge in [0.2, 0.25) is 0 Å². The number of hydrogen-bond donors (Lipinski definition) is 2. The highest BCUT2D eigenvalue weighted by atomic mass is 16.5. The molecule has 1 rings (SSSR count). The van der Waals surface area contributed by atoms with Gasteiger partial charge in [0.05, 0.1) is 12.5 Å². The van der Waals surface area contributed by atoms with Gasteiger partial charge in [-0.1, -0.05) is 26.8 Å². The highest BCUT2D eigenvalue weighted by molar-refractivity contribution is 5.74. The number of carbonyl (C=O) groups is 1. The van der Waals surface area contributed by atoms with E-state index in [4.69, 9.17) is 4.74 Å². The molecule has 0 aliphatic rings. The second-order valence-corrected chi connectivity index (χ2v) is 6.80. The standard InChI is InChI=1S/C16H24O4/c1-15(2,3)11-7-10(9-16(4,5)14(18)19)13(20-6)12(17)8-11/h7-8,17H,9H2,1-6H3,(H,18,19). The third-order valence-electron chi connectivity index (χ3n) is 3.43. The first-order valence-corrected chi connectivity index (χ1v) is 6.63. The van der Waals surface area contributed by atoms with Gasteiger partial charge in [-0.05, 0) is 42.9 Å². The van der Waals surface area contributed by atoms with Gasteiger partial charge in [0.25, 0.3) is 0 Å². The Labute approximate surface area is 120 Å². The van der Waals surface area contributed by atoms with Crippen molar-refractivity contribution in [2.24, 2.45) is 5.41 Å². The van der Waals surface area contributed by atoms with Crippen LogP contribution in [0.15, 0.2) is 12.1 Å². The number of aliphatic carboxylic acids is 1. The molecule has 0 unspecified atom stereocenters. The van der Waals surface area contributed by atoms with E-state index in [1.165, 1.54) is 7.11 Å². The number of phenolic OH excluding ortho intramolecular Hbond substituents is 1. The van der Waals surface area contributed by atoms with Crippen LogP contribution in [0, 0.1) is 5.41 Å². The predicted molar refractivity (Wildman–Crippen MR) is 78.5 cm³/mol. The molecular weight excluding hydrogens is 256 g/mol. The number of hydrogen-bond acceptors (Lipinski definition) is 3. The molecule has 0 saturated carbocycles. The number of carboxylic acids is 1. The fraction of sp³-hybridized carbons (Fsp3) is 0.562. The van der Waals surface area contributed by atoms with Crippen molar-refractivity contribution >= 4 is 5.97 Å². The summed E-state index contributed by atoms with van der Waals surface area (Å²) < 4.78 is 5.23. The lowest BCUT2D eigenvalue weighted by molar-refractivity contribution is -0.146. The van der Waals surface area contributed by atoms with E-state index in [1.54, 1.807) is 19.9 Å². The van der Waals surface area contributed by atoms with E-state index in [-0.39, 0.29) is 11.2 Å². The molecule has 0 saturated heterocycles. The van der Waals surface area contributed by atoms with Crippen LogP contribution in [0.25, 0.3) is 0 Å². The van der Waals surface area contributed by atoms with Crippen molar-refractivity contribution in [3.63, 3.8) is 0 Å². The smallest absolute Gasteiger partial charge is 0.309 e. The third kappa shape index (κ3) is 3.44. The van der Waals surface area contributed by atoms with E-state index in [1.807, 2.05) is 26.8 Å². The first kappa shape index (κ1) is 16.3. The summed E-state index contributed by atoms with van der Waals surface area (Å²) in [6.07, 6.45) is 0.295. The van der Waals surface area contributed by atoms with Crippen LogP contribution < -0.4 is 4.74 Å². The molecule has 0 spiro atoms. The fourth-order valence-electron chi connectivity index (χ4n) is 2.02. The molecular formula is C16H24O4. The zero-order valence-electron chi connectivity index (χ0n) is 13.1. The summed E-state index contributed by atoms with van der Waals surface area (Å²) in [6.45, 7) is 9.45. The summed E-state index contributed by atoms with van der Waals surface area (Å²) in [6, 6.07) is 3.60. The molecule has 0 heterocycles. The zero-order valence-corrected chi connectivity index (χ0v) is 13.1. The molecule has 0 atom stereocenters. The third-order valence-corrected chi connectivity index (χ3v) is 3.43. The number of benzene rings is 1. The molecule has 2 N–H and O–H groups in total. The molecule has 0 aliphatic heterocycles. The lowest BCUT2D eigenvalue weighted by Gasteiger charge is -2.25. The van der Waals surface area contributed by atoms with Crippen LogP contribution in [0.4, 0.5) is 0 Å². The van der Waals surface area contributed by atoms with E-state index in [9.17, 15) is 15.0 Å². The maximum atomic E-state index is 11.3. The lowest BCUT2D eigenvalue weighted by atomic mass is 9.81. The largest absolute Gasteiger partial charge is 0.504 e. The summed E-state index contributed by atoms with van der Waals surface area (Å²) in [5.74, 6) is -0.469. The Morgan fingerprint density at radius 2 is 1.75 bits per heavy atom. The molecule has 20 heavy (non-hydrogen) atoms. The maximum absolute atomic E-state index is 11.3. The lowest BCUT2D eigenvalue weighted by Crippen LogP contribution is -2.26. The Hall–Kier alpha value is -1.71. The summed E-state index contributed by atoms with van der Waals surface area (Å²) in [4.78, 5) is 11.3. The number of carboxylic acid groups (broad SMARTS) is 1. The van der Waals surface area contributed by atoms with Crippen LogP contribution in [0.3, 0.4) is 0 Å². The Balaban J connectivity index is 3.36. The molecule has 0 bridgehead atoms. The van der Waals surface area contributed by atoms with Crippen molar-refractivity contribution in [1.82, 2.24) is 0 Å². The van der Waals surface area contributed by atoms with Gasteiger partial charge in [0, 0.05) is 0 Å². The summed E-state index contributed by atoms with van der Waals surface area (Å²) in [5, 5.41) is 19.4. The van der Waals surface area contributed by atoms with E-state index in [2.05, 4.69) is 0 Å². The first-order valence-electron chi connectivity index (χ1n) is 6.63. The number of ether oxygens (including phenoxy) is 1. The molecule has 1 aromatic rings. The molecule has 0 amide bonds. The van der Waals surface area contributed by atoms with E-state index in [0.29, 0.717) is 17.7 Å². The summed E-state index contributed by atoms with van der Waals surface area (Å²) in [7, 11) is 1.48. The first-order chi connectivity index (χ1) is 8.99. The second kappa shape index (κ2) is 5.35. The SMILES string of the molecule is COc1c(O)cc(C(C)(C)C)cc1CC(C)(C)C(=O)O. The predicted octanol–water partition coefficient (Wildman–Crippen LogP) is 3.35. The Morgan fingerprint density at radius 1 is 1.20 bits per heavy atom. The van der Waals surface area contributed by atoms with Gasteiger partial charge in [0.1, 0.15) is 0 Å². The average molecular weight is 280 g/mol. The maximum Gasteiger partial charge on any atom is 0.309 e. The van der Waals surface area contributed by atoms with Gasteiger partial charge in [-0.3, -0.25) is 4.79 Å². The summed E-state index contributed by atoms with van der Waals surface area (Å²) >= 11 is 0. The quantitative estimate of drug-likeness (QED) is 0.887. The van der Waals surface area contributed by atoms with Gasteiger partial charge in [-0.25, -0.2) is 0 Å². The highest BCUT2D eigenvalue weighted by Crippen LogP contribution is 2.38. The van der Waals surface area contributed by atoms with Crippen LogP contribution in [-0.4, -0.2) is 23.3 Å². The average Bonchev–Trinajstić information content (AvgIpc) is 2.26. The minimum atomic E-state index is -0.920. The van der Waals surface area contributed by atoms with E-state index < -0.39 is 11.4 Å². The van der Waals surface area contributed by atoms with Crippen molar-refractivity contribution < 1.29 is 19.7 Å². The van der Waals surface area contributed by atoms with Crippen molar-refractivity contribution in [2.45, 2.75) is 46.5 Å². The van der Waals surface area contributed by atoms with E-state index >= 15 is 0 Å². The molecule has 0 aromatic heterocycles. The van der Waals surface area contributed by atoms with Crippen molar-refractivity contribution in [2.75, 3.05) is 7.11 Å². The summed E-state index contributed by atoms with van der Waals surface area (Å²) in [5.41, 5.74) is 0.610. The molecule has 4 heteroatoms. The molecule has 112 valence electrons. The number of methoxy groups -OCH3 is 1. The minimum Gasteiger partial charge on any atom is -0.504 e. The van der Waals surface area contributed by atoms with Gasteiger partial charge in [0.15, 0.2) is 11.5 Å². The normalized spacial score (nSPS) is 12.3. The van der Waals surface area contributed by atoms with Gasteiger partial charge in [-0.15, -0.1) is 0 Å². The van der Waals surface area contributed by atoms with Crippen LogP contribution in [0.1, 0.15) is 45.7 Å². The molecule has 0 fully saturated rings. The Bertz CT molecular complexity index is 510. The van der Waals surface area contributed by atoms with Crippen molar-refractivity contribution in [3.8, 4) is 11.5 Å². The van der Waals surface area contributed by atoms with Crippen LogP contribution in [0.5, 0.6) is 11.5 Å². The van der Waals surface area contributed by atoms with Gasteiger partial charge in [-0.2, -0.15) is 0 Å². The topological polar surface area (TPSA) is 66.8 Å². The molecule has 0 aliphatic carbocycles. The van der Waals surface area contributed by atoms with Crippen LogP contribution in [0.2, 0.25) is 0 Å². The van der Waals surface area contributed by atoms with Gasteiger partial charge < -0.3 is 14.9 Å². The van der Waals surface area contributed by atoms with Crippen molar-refractivity contribution in [1.29, 1.82) is 0 Å². The van der Waals surface area contributed by atoms with Crippen LogP contribution >= 0.6 is 0 Å². The molecule has 0 radical (unpaired) electrons. The minimum absolute atomic E-state index is 0.0520. The van der Waals surface area contributed by atoms with Gasteiger partial charge >= 0.3 is 5.97 Å². The molecule has 4 nitrogen and oxygen atoms in total. The Kier molecular flexibility index (Phi) is 4.37. The highest BCUT2D eigenvalue weighted by Gasteiger charge is 2.30. The van der Waals surface area contributed by atoms with Crippen LogP contribution in [-0.2, 0) is 16.6 Å². The number of rotatable bonds is 4. The van der Waals surface area contributed by atoms with Crippen molar-refractivity contribution in [3.05, 3.63) is 23.3 Å². The monoisotopic (exact) mass is 280 g/mol.